The molecule has 1 unspecified atom stereocenters. The maximum absolute atomic E-state index is 14.3. The Bertz CT molecular complexity index is 1420. The van der Waals surface area contributed by atoms with E-state index in [9.17, 15) is 45.6 Å². The lowest BCUT2D eigenvalue weighted by molar-refractivity contribution is -0.145. The fraction of sp³-hybridized carbons (Fsp3) is 0.794. The lowest BCUT2D eigenvalue weighted by Crippen LogP contribution is -2.64. The maximum atomic E-state index is 14.3. The van der Waals surface area contributed by atoms with Gasteiger partial charge in [-0.1, -0.05) is 79.7 Å². The van der Waals surface area contributed by atoms with Crippen molar-refractivity contribution in [3.8, 4) is 0 Å². The predicted molar refractivity (Wildman–Crippen MR) is 181 cm³/mol. The van der Waals surface area contributed by atoms with Gasteiger partial charge >= 0.3 is 12.2 Å². The van der Waals surface area contributed by atoms with E-state index in [0.29, 0.717) is 25.7 Å². The molecule has 3 aliphatic rings. The minimum Gasteiger partial charge on any atom is -0.346 e. The van der Waals surface area contributed by atoms with Crippen LogP contribution in [0, 0.1) is 22.7 Å². The highest BCUT2D eigenvalue weighted by molar-refractivity contribution is 7.91. The molecule has 0 aromatic rings. The molecule has 16 heteroatoms. The third kappa shape index (κ3) is 10.2. The standard InChI is InChI=1S/C34H54F3N5O7S/c1-8-10-14-22(25(43)28(45)38-17-9-2)39-27(44)24-23-21(32(23,6)7)18-42(24)29(46)26(31(3,4)5)40-30(47)41-33(15-12-11-13-16-33)19-50(48,49)20-34(35,36)37/h9,21-24,26H,2,8,10-20H2,1,3-7H3,(H,38,45)(H,39,44)(H2,40,41,47)/t21-,22?,23-,24-,26+/m0/s1. The summed E-state index contributed by atoms with van der Waals surface area (Å²) < 4.78 is 64.3. The van der Waals surface area contributed by atoms with Crippen LogP contribution in [0.15, 0.2) is 12.7 Å². The number of Topliss-reactive ketones (excluding diaryl/α,β-unsaturated/α-hetero) is 1. The molecule has 3 rings (SSSR count). The van der Waals surface area contributed by atoms with Gasteiger partial charge < -0.3 is 26.2 Å². The molecule has 0 aromatic heterocycles. The second kappa shape index (κ2) is 15.6. The number of likely N-dealkylation sites (tertiary alicyclic amines) is 1. The van der Waals surface area contributed by atoms with Crippen molar-refractivity contribution in [2.24, 2.45) is 22.7 Å². The Morgan fingerprint density at radius 1 is 1.02 bits per heavy atom. The molecular formula is C34H54F3N5O7S. The molecule has 284 valence electrons. The van der Waals surface area contributed by atoms with E-state index in [4.69, 9.17) is 0 Å². The van der Waals surface area contributed by atoms with E-state index >= 15 is 0 Å². The van der Waals surface area contributed by atoms with Crippen LogP contribution in [-0.2, 0) is 29.0 Å². The van der Waals surface area contributed by atoms with Crippen molar-refractivity contribution in [2.75, 3.05) is 24.6 Å². The number of nitrogens with zero attached hydrogens (tertiary/aromatic N) is 1. The molecule has 2 aliphatic carbocycles. The van der Waals surface area contributed by atoms with E-state index < -0.39 is 86.1 Å². The molecule has 4 N–H and O–H groups in total. The first-order valence-corrected chi connectivity index (χ1v) is 19.2. The van der Waals surface area contributed by atoms with Crippen molar-refractivity contribution < 1.29 is 45.6 Å². The first kappa shape index (κ1) is 41.3. The Morgan fingerprint density at radius 3 is 2.18 bits per heavy atom. The average Bonchev–Trinajstić information content (AvgIpc) is 3.30. The van der Waals surface area contributed by atoms with E-state index in [2.05, 4.69) is 27.8 Å². The topological polar surface area (TPSA) is 171 Å². The second-order valence-corrected chi connectivity index (χ2v) is 17.9. The fourth-order valence-electron chi connectivity index (χ4n) is 7.64. The third-order valence-electron chi connectivity index (χ3n) is 10.3. The van der Waals surface area contributed by atoms with Gasteiger partial charge in [0.1, 0.15) is 17.8 Å². The van der Waals surface area contributed by atoms with E-state index in [1.54, 1.807) is 20.8 Å². The smallest absolute Gasteiger partial charge is 0.346 e. The number of hydrogen-bond acceptors (Lipinski definition) is 7. The summed E-state index contributed by atoms with van der Waals surface area (Å²) in [4.78, 5) is 68.8. The summed E-state index contributed by atoms with van der Waals surface area (Å²) in [6, 6.07) is -4.23. The van der Waals surface area contributed by atoms with Crippen LogP contribution in [0.1, 0.15) is 92.9 Å². The number of nitrogens with one attached hydrogen (secondary N) is 4. The van der Waals surface area contributed by atoms with Crippen LogP contribution in [0.3, 0.4) is 0 Å². The highest BCUT2D eigenvalue weighted by atomic mass is 32.2. The normalized spacial score (nSPS) is 23.9. The van der Waals surface area contributed by atoms with Crippen LogP contribution in [0.2, 0.25) is 0 Å². The number of ketones is 1. The summed E-state index contributed by atoms with van der Waals surface area (Å²) in [6.45, 7) is 14.8. The number of hydrogen-bond donors (Lipinski definition) is 4. The van der Waals surface area contributed by atoms with Crippen LogP contribution in [0.4, 0.5) is 18.0 Å². The minimum atomic E-state index is -4.93. The van der Waals surface area contributed by atoms with Crippen LogP contribution in [0.5, 0.6) is 0 Å². The van der Waals surface area contributed by atoms with Gasteiger partial charge in [0.05, 0.1) is 17.3 Å². The molecule has 3 fully saturated rings. The number of alkyl halides is 3. The van der Waals surface area contributed by atoms with E-state index in [0.717, 1.165) is 6.42 Å². The second-order valence-electron chi connectivity index (χ2n) is 15.8. The van der Waals surface area contributed by atoms with Crippen LogP contribution >= 0.6 is 0 Å². The first-order valence-electron chi connectivity index (χ1n) is 17.4. The van der Waals surface area contributed by atoms with Gasteiger partial charge in [0.2, 0.25) is 17.6 Å². The van der Waals surface area contributed by atoms with E-state index in [-0.39, 0.29) is 49.6 Å². The molecule has 0 aromatic carbocycles. The Hall–Kier alpha value is -3.17. The molecule has 12 nitrogen and oxygen atoms in total. The largest absolute Gasteiger partial charge is 0.402 e. The predicted octanol–water partition coefficient (Wildman–Crippen LogP) is 3.41. The molecule has 0 bridgehead atoms. The van der Waals surface area contributed by atoms with Gasteiger partial charge in [-0.3, -0.25) is 19.2 Å². The molecule has 50 heavy (non-hydrogen) atoms. The van der Waals surface area contributed by atoms with Crippen LogP contribution in [-0.4, -0.2) is 97.3 Å². The number of carbonyl (C=O) groups excluding carboxylic acids is 5. The highest BCUT2D eigenvalue weighted by Crippen LogP contribution is 2.65. The van der Waals surface area contributed by atoms with Crippen LogP contribution in [0.25, 0.3) is 0 Å². The fourth-order valence-corrected chi connectivity index (χ4v) is 9.44. The molecular weight excluding hydrogens is 679 g/mol. The highest BCUT2D eigenvalue weighted by Gasteiger charge is 2.70. The van der Waals surface area contributed by atoms with Crippen molar-refractivity contribution in [1.29, 1.82) is 0 Å². The summed E-state index contributed by atoms with van der Waals surface area (Å²) in [5.41, 5.74) is -2.65. The Labute approximate surface area is 293 Å². The van der Waals surface area contributed by atoms with Crippen molar-refractivity contribution in [2.45, 2.75) is 123 Å². The number of sulfone groups is 1. The zero-order valence-electron chi connectivity index (χ0n) is 30.0. The van der Waals surface area contributed by atoms with Gasteiger partial charge in [-0.2, -0.15) is 13.2 Å². The summed E-state index contributed by atoms with van der Waals surface area (Å²) in [6.07, 6.45) is 0.0141. The Kier molecular flexibility index (Phi) is 12.9. The van der Waals surface area contributed by atoms with Gasteiger partial charge in [0.25, 0.3) is 5.91 Å². The van der Waals surface area contributed by atoms with Crippen LogP contribution < -0.4 is 21.3 Å². The van der Waals surface area contributed by atoms with Crippen molar-refractivity contribution in [1.82, 2.24) is 26.2 Å². The number of halogens is 3. The molecule has 1 aliphatic heterocycles. The quantitative estimate of drug-likeness (QED) is 0.148. The third-order valence-corrected chi connectivity index (χ3v) is 12.1. The monoisotopic (exact) mass is 733 g/mol. The van der Waals surface area contributed by atoms with Gasteiger partial charge in [-0.15, -0.1) is 6.58 Å². The summed E-state index contributed by atoms with van der Waals surface area (Å²) in [5.74, 6) is -6.01. The number of rotatable bonds is 15. The van der Waals surface area contributed by atoms with E-state index in [1.807, 2.05) is 20.8 Å². The van der Waals surface area contributed by atoms with E-state index in [1.165, 1.54) is 11.0 Å². The van der Waals surface area contributed by atoms with Gasteiger partial charge in [0, 0.05) is 13.1 Å². The number of urea groups is 1. The summed E-state index contributed by atoms with van der Waals surface area (Å²) in [5, 5.41) is 10.5. The zero-order valence-corrected chi connectivity index (χ0v) is 30.8. The van der Waals surface area contributed by atoms with Crippen molar-refractivity contribution in [3.63, 3.8) is 0 Å². The molecule has 1 heterocycles. The molecule has 2 saturated carbocycles. The summed E-state index contributed by atoms with van der Waals surface area (Å²) in [7, 11) is -4.63. The Balaban J connectivity index is 1.85. The lowest BCUT2D eigenvalue weighted by Gasteiger charge is -2.40. The number of amides is 5. The maximum Gasteiger partial charge on any atom is 0.402 e. The number of carbonyl (C=O) groups is 5. The lowest BCUT2D eigenvalue weighted by atomic mass is 9.83. The summed E-state index contributed by atoms with van der Waals surface area (Å²) >= 11 is 0. The average molecular weight is 734 g/mol. The molecule has 1 saturated heterocycles. The van der Waals surface area contributed by atoms with Crippen molar-refractivity contribution in [3.05, 3.63) is 12.7 Å². The minimum absolute atomic E-state index is 0.0401. The van der Waals surface area contributed by atoms with Gasteiger partial charge in [-0.25, -0.2) is 13.2 Å². The van der Waals surface area contributed by atoms with Crippen molar-refractivity contribution >= 4 is 39.4 Å². The number of piperidine rings is 1. The Morgan fingerprint density at radius 2 is 1.64 bits per heavy atom. The van der Waals surface area contributed by atoms with Gasteiger partial charge in [-0.05, 0) is 41.9 Å². The zero-order chi connectivity index (χ0) is 37.9. The SMILES string of the molecule is C=CCNC(=O)C(=O)C(CCCC)NC(=O)[C@@H]1[C@@H]2[C@H](CN1C(=O)[C@@H](NC(=O)NC1(CS(=O)(=O)CC(F)(F)F)CCCCC1)C(C)(C)C)C2(C)C. The molecule has 0 spiro atoms. The molecule has 5 amide bonds. The first-order chi connectivity index (χ1) is 23.0. The van der Waals surface area contributed by atoms with Gasteiger partial charge in [0.15, 0.2) is 9.84 Å². The molecule has 0 radical (unpaired) electrons. The number of fused-ring (bicyclic) bond motifs is 1. The number of unbranched alkanes of at least 4 members (excludes halogenated alkanes) is 1. The molecule has 5 atom stereocenters.